The molecule has 1 aromatic heterocycles. The molecule has 0 saturated heterocycles. The van der Waals surface area contributed by atoms with Crippen molar-refractivity contribution in [3.8, 4) is 11.5 Å². The van der Waals surface area contributed by atoms with Crippen LogP contribution in [0.15, 0.2) is 69.8 Å². The number of carbonyl (C=O) groups excluding carboxylic acids is 1. The highest BCUT2D eigenvalue weighted by Crippen LogP contribution is 2.21. The Morgan fingerprint density at radius 2 is 1.33 bits per heavy atom. The van der Waals surface area contributed by atoms with Gasteiger partial charge in [-0.25, -0.2) is 0 Å². The number of furan rings is 1. The number of methoxy groups -OCH3 is 2. The van der Waals surface area contributed by atoms with E-state index in [9.17, 15) is 4.79 Å². The van der Waals surface area contributed by atoms with Gasteiger partial charge in [0, 0.05) is 13.1 Å². The lowest BCUT2D eigenvalue weighted by molar-refractivity contribution is 0.0696. The van der Waals surface area contributed by atoms with Crippen LogP contribution in [-0.4, -0.2) is 25.0 Å². The van der Waals surface area contributed by atoms with Gasteiger partial charge >= 0.3 is 0 Å². The molecule has 0 radical (unpaired) electrons. The van der Waals surface area contributed by atoms with Gasteiger partial charge in [-0.3, -0.25) is 4.79 Å². The van der Waals surface area contributed by atoms with E-state index in [1.54, 1.807) is 31.3 Å². The van der Waals surface area contributed by atoms with Gasteiger partial charge in [0.1, 0.15) is 11.5 Å². The van der Waals surface area contributed by atoms with Crippen molar-refractivity contribution in [3.63, 3.8) is 0 Å². The Bertz CT molecular complexity index is 838. The Kier molecular flexibility index (Phi) is 6.19. The van der Waals surface area contributed by atoms with Gasteiger partial charge in [-0.15, -0.1) is 0 Å². The van der Waals surface area contributed by atoms with Crippen LogP contribution in [0.3, 0.4) is 0 Å². The molecule has 140 valence electrons. The maximum atomic E-state index is 13.0. The van der Waals surface area contributed by atoms with Gasteiger partial charge in [0.2, 0.25) is 0 Å². The van der Waals surface area contributed by atoms with Crippen molar-refractivity contribution in [3.05, 3.63) is 82.2 Å². The number of carbonyl (C=O) groups is 1. The van der Waals surface area contributed by atoms with E-state index in [0.717, 1.165) is 22.6 Å². The first-order chi connectivity index (χ1) is 13.1. The second kappa shape index (κ2) is 8.77. The Balaban J connectivity index is 1.83. The molecule has 1 heterocycles. The lowest BCUT2D eigenvalue weighted by atomic mass is 10.1. The number of ether oxygens (including phenoxy) is 2. The second-order valence-corrected chi connectivity index (χ2v) is 6.74. The third kappa shape index (κ3) is 4.92. The van der Waals surface area contributed by atoms with Gasteiger partial charge in [0.15, 0.2) is 10.4 Å². The summed E-state index contributed by atoms with van der Waals surface area (Å²) in [7, 11) is 3.26. The smallest absolute Gasteiger partial charge is 0.290 e. The fraction of sp³-hybridized carbons (Fsp3) is 0.190. The molecule has 6 heteroatoms. The summed E-state index contributed by atoms with van der Waals surface area (Å²) >= 11 is 3.25. The van der Waals surface area contributed by atoms with Crippen molar-refractivity contribution in [2.75, 3.05) is 14.2 Å². The van der Waals surface area contributed by atoms with E-state index in [0.29, 0.717) is 23.5 Å². The maximum absolute atomic E-state index is 13.0. The molecule has 0 saturated carbocycles. The van der Waals surface area contributed by atoms with Gasteiger partial charge in [-0.05, 0) is 63.5 Å². The summed E-state index contributed by atoms with van der Waals surface area (Å²) in [5, 5.41) is 0. The fourth-order valence-corrected chi connectivity index (χ4v) is 2.99. The van der Waals surface area contributed by atoms with Gasteiger partial charge < -0.3 is 18.8 Å². The molecule has 1 amide bonds. The predicted molar refractivity (Wildman–Crippen MR) is 106 cm³/mol. The SMILES string of the molecule is COc1ccc(CN(Cc2ccc(OC)cc2)C(=O)c2ccc(Br)o2)cc1. The van der Waals surface area contributed by atoms with Crippen LogP contribution in [0.5, 0.6) is 11.5 Å². The van der Waals surface area contributed by atoms with Crippen molar-refractivity contribution < 1.29 is 18.7 Å². The highest BCUT2D eigenvalue weighted by molar-refractivity contribution is 9.10. The Morgan fingerprint density at radius 3 is 1.70 bits per heavy atom. The minimum Gasteiger partial charge on any atom is -0.497 e. The Labute approximate surface area is 166 Å². The molecule has 3 aromatic rings. The number of benzene rings is 2. The van der Waals surface area contributed by atoms with Gasteiger partial charge in [-0.2, -0.15) is 0 Å². The van der Waals surface area contributed by atoms with Crippen molar-refractivity contribution >= 4 is 21.8 Å². The van der Waals surface area contributed by atoms with Crippen LogP contribution in [-0.2, 0) is 13.1 Å². The van der Waals surface area contributed by atoms with E-state index in [-0.39, 0.29) is 5.91 Å². The van der Waals surface area contributed by atoms with E-state index in [1.807, 2.05) is 48.5 Å². The van der Waals surface area contributed by atoms with Crippen molar-refractivity contribution in [1.82, 2.24) is 4.90 Å². The minimum absolute atomic E-state index is 0.174. The quantitative estimate of drug-likeness (QED) is 0.535. The first-order valence-corrected chi connectivity index (χ1v) is 9.19. The third-order valence-corrected chi connectivity index (χ3v) is 4.56. The van der Waals surface area contributed by atoms with Crippen LogP contribution >= 0.6 is 15.9 Å². The van der Waals surface area contributed by atoms with Gasteiger partial charge in [0.25, 0.3) is 5.91 Å². The van der Waals surface area contributed by atoms with E-state index >= 15 is 0 Å². The van der Waals surface area contributed by atoms with E-state index in [4.69, 9.17) is 13.9 Å². The summed E-state index contributed by atoms with van der Waals surface area (Å²) in [4.78, 5) is 14.7. The summed E-state index contributed by atoms with van der Waals surface area (Å²) in [5.41, 5.74) is 2.01. The molecule has 0 unspecified atom stereocenters. The van der Waals surface area contributed by atoms with E-state index in [2.05, 4.69) is 15.9 Å². The summed E-state index contributed by atoms with van der Waals surface area (Å²) in [6.45, 7) is 0.903. The van der Waals surface area contributed by atoms with Crippen LogP contribution in [0.1, 0.15) is 21.7 Å². The highest BCUT2D eigenvalue weighted by Gasteiger charge is 2.20. The second-order valence-electron chi connectivity index (χ2n) is 5.96. The van der Waals surface area contributed by atoms with Crippen LogP contribution in [0, 0.1) is 0 Å². The fourth-order valence-electron chi connectivity index (χ4n) is 2.69. The van der Waals surface area contributed by atoms with Crippen LogP contribution in [0.25, 0.3) is 0 Å². The topological polar surface area (TPSA) is 51.9 Å². The number of nitrogens with zero attached hydrogens (tertiary/aromatic N) is 1. The number of halogens is 1. The van der Waals surface area contributed by atoms with Crippen LogP contribution in [0.2, 0.25) is 0 Å². The largest absolute Gasteiger partial charge is 0.497 e. The zero-order valence-electron chi connectivity index (χ0n) is 15.1. The molecule has 5 nitrogen and oxygen atoms in total. The molecule has 0 aliphatic carbocycles. The van der Waals surface area contributed by atoms with Crippen molar-refractivity contribution in [2.24, 2.45) is 0 Å². The first kappa shape index (κ1) is 19.0. The predicted octanol–water partition coefficient (Wildman–Crippen LogP) is 4.90. The summed E-state index contributed by atoms with van der Waals surface area (Å²) in [6.07, 6.45) is 0. The Morgan fingerprint density at radius 1 is 0.852 bits per heavy atom. The van der Waals surface area contributed by atoms with Crippen molar-refractivity contribution in [2.45, 2.75) is 13.1 Å². The highest BCUT2D eigenvalue weighted by atomic mass is 79.9. The molecule has 0 aliphatic rings. The third-order valence-electron chi connectivity index (χ3n) is 4.14. The van der Waals surface area contributed by atoms with Gasteiger partial charge in [0.05, 0.1) is 14.2 Å². The summed E-state index contributed by atoms with van der Waals surface area (Å²) < 4.78 is 16.4. The number of hydrogen-bond acceptors (Lipinski definition) is 4. The number of hydrogen-bond donors (Lipinski definition) is 0. The average molecular weight is 430 g/mol. The molecule has 0 N–H and O–H groups in total. The lowest BCUT2D eigenvalue weighted by Crippen LogP contribution is -2.29. The standard InChI is InChI=1S/C21H20BrNO4/c1-25-17-7-3-15(4-8-17)13-23(21(24)19-11-12-20(22)27-19)14-16-5-9-18(26-2)10-6-16/h3-12H,13-14H2,1-2H3. The average Bonchev–Trinajstić information content (AvgIpc) is 3.14. The molecule has 0 spiro atoms. The lowest BCUT2D eigenvalue weighted by Gasteiger charge is -2.22. The van der Waals surface area contributed by atoms with Crippen molar-refractivity contribution in [1.29, 1.82) is 0 Å². The molecule has 0 atom stereocenters. The molecule has 0 aliphatic heterocycles. The molecular formula is C21H20BrNO4. The normalized spacial score (nSPS) is 10.5. The first-order valence-electron chi connectivity index (χ1n) is 8.39. The zero-order chi connectivity index (χ0) is 19.2. The molecule has 0 fully saturated rings. The molecule has 27 heavy (non-hydrogen) atoms. The number of amides is 1. The number of rotatable bonds is 7. The van der Waals surface area contributed by atoms with Gasteiger partial charge in [-0.1, -0.05) is 24.3 Å². The molecular weight excluding hydrogens is 410 g/mol. The van der Waals surface area contributed by atoms with E-state index in [1.165, 1.54) is 0 Å². The summed E-state index contributed by atoms with van der Waals surface area (Å²) in [6, 6.07) is 18.7. The minimum atomic E-state index is -0.174. The molecule has 0 bridgehead atoms. The molecule has 2 aromatic carbocycles. The zero-order valence-corrected chi connectivity index (χ0v) is 16.7. The monoisotopic (exact) mass is 429 g/mol. The van der Waals surface area contributed by atoms with Crippen LogP contribution < -0.4 is 9.47 Å². The van der Waals surface area contributed by atoms with E-state index < -0.39 is 0 Å². The maximum Gasteiger partial charge on any atom is 0.290 e. The molecule has 3 rings (SSSR count). The van der Waals surface area contributed by atoms with Crippen LogP contribution in [0.4, 0.5) is 0 Å². The Hall–Kier alpha value is -2.73. The summed E-state index contributed by atoms with van der Waals surface area (Å²) in [5.74, 6) is 1.68.